The van der Waals surface area contributed by atoms with Gasteiger partial charge in [-0.1, -0.05) is 85.4 Å². The third kappa shape index (κ3) is 3.22. The van der Waals surface area contributed by atoms with Gasteiger partial charge >= 0.3 is 16.1 Å². The fraction of sp³-hybridized carbons (Fsp3) is 0.417. The minimum absolute atomic E-state index is 0.456. The monoisotopic (exact) mass is 442 g/mol. The molecule has 2 unspecified atom stereocenters. The molecule has 0 bridgehead atoms. The second-order valence-corrected chi connectivity index (χ2v) is 10.6. The first kappa shape index (κ1) is 23.0. The Hall–Kier alpha value is -1.70. The Bertz CT molecular complexity index is 970. The molecular weight excluding hydrogens is 414 g/mol. The molecule has 2 atom stereocenters. The SMILES string of the molecule is CCC(CC)(c1c2ccccc2c(C(CC)(CC)[P+](=O)[O-])c2ccccc12)[P+](=O)[O-]. The molecule has 0 amide bonds. The fourth-order valence-electron chi connectivity index (χ4n) is 5.04. The van der Waals surface area contributed by atoms with Crippen LogP contribution in [0.2, 0.25) is 0 Å². The summed E-state index contributed by atoms with van der Waals surface area (Å²) < 4.78 is 25.2. The lowest BCUT2D eigenvalue weighted by atomic mass is 9.78. The summed E-state index contributed by atoms with van der Waals surface area (Å²) in [6.45, 7) is 7.62. The molecule has 0 fully saturated rings. The zero-order valence-electron chi connectivity index (χ0n) is 18.0. The van der Waals surface area contributed by atoms with Crippen molar-refractivity contribution in [3.63, 3.8) is 0 Å². The van der Waals surface area contributed by atoms with E-state index in [2.05, 4.69) is 0 Å². The van der Waals surface area contributed by atoms with Crippen molar-refractivity contribution in [3.05, 3.63) is 59.7 Å². The van der Waals surface area contributed by atoms with Crippen molar-refractivity contribution in [2.75, 3.05) is 0 Å². The van der Waals surface area contributed by atoms with Crippen molar-refractivity contribution in [1.82, 2.24) is 0 Å². The maximum atomic E-state index is 12.6. The van der Waals surface area contributed by atoms with Gasteiger partial charge in [0.15, 0.2) is 10.3 Å². The predicted octanol–water partition coefficient (Wildman–Crippen LogP) is 6.23. The van der Waals surface area contributed by atoms with Crippen LogP contribution in [0.1, 0.15) is 64.5 Å². The van der Waals surface area contributed by atoms with Crippen molar-refractivity contribution >= 4 is 37.6 Å². The summed E-state index contributed by atoms with van der Waals surface area (Å²) in [5.41, 5.74) is 1.58. The lowest BCUT2D eigenvalue weighted by Gasteiger charge is -2.31. The zero-order chi connectivity index (χ0) is 22.1. The molecule has 158 valence electrons. The number of hydrogen-bond acceptors (Lipinski definition) is 4. The quantitative estimate of drug-likeness (QED) is 0.306. The summed E-state index contributed by atoms with van der Waals surface area (Å²) in [4.78, 5) is 25.2. The molecule has 0 N–H and O–H groups in total. The standard InChI is InChI=1S/C24H28O4P2/c1-5-23(6-2,29(25)26)21-17-13-9-11-15-19(17)22(20-16-12-10-14-18(20)21)24(7-3,8-4)30(27)28/h9-16H,5-8H2,1-4H3. The number of hydrogen-bond donors (Lipinski definition) is 0. The van der Waals surface area contributed by atoms with Crippen LogP contribution in [-0.2, 0) is 19.4 Å². The second kappa shape index (κ2) is 8.81. The van der Waals surface area contributed by atoms with E-state index in [-0.39, 0.29) is 0 Å². The third-order valence-corrected chi connectivity index (χ3v) is 10.0. The molecular formula is C24H28O4P2. The summed E-state index contributed by atoms with van der Waals surface area (Å²) in [5, 5.41) is 1.31. The molecule has 30 heavy (non-hydrogen) atoms. The predicted molar refractivity (Wildman–Crippen MR) is 121 cm³/mol. The molecule has 6 heteroatoms. The minimum atomic E-state index is -2.75. The Morgan fingerprint density at radius 3 is 1.00 bits per heavy atom. The lowest BCUT2D eigenvalue weighted by Crippen LogP contribution is -2.27. The van der Waals surface area contributed by atoms with Crippen LogP contribution in [-0.4, -0.2) is 0 Å². The molecule has 4 nitrogen and oxygen atoms in total. The van der Waals surface area contributed by atoms with Crippen molar-refractivity contribution in [3.8, 4) is 0 Å². The van der Waals surface area contributed by atoms with E-state index >= 15 is 0 Å². The van der Waals surface area contributed by atoms with Crippen LogP contribution < -0.4 is 9.79 Å². The molecule has 0 saturated heterocycles. The van der Waals surface area contributed by atoms with Gasteiger partial charge in [-0.2, -0.15) is 0 Å². The summed E-state index contributed by atoms with van der Waals surface area (Å²) in [6, 6.07) is 15.3. The molecule has 3 aromatic rings. The largest absolute Gasteiger partial charge is 0.595 e. The summed E-state index contributed by atoms with van der Waals surface area (Å²) in [7, 11) is -5.50. The molecule has 0 saturated carbocycles. The first-order valence-electron chi connectivity index (χ1n) is 10.6. The number of fused-ring (bicyclic) bond motifs is 2. The Balaban J connectivity index is 2.68. The van der Waals surface area contributed by atoms with Gasteiger partial charge in [-0.25, -0.2) is 0 Å². The van der Waals surface area contributed by atoms with E-state index in [0.29, 0.717) is 25.7 Å². The van der Waals surface area contributed by atoms with E-state index in [4.69, 9.17) is 0 Å². The highest BCUT2D eigenvalue weighted by atomic mass is 31.1. The molecule has 0 heterocycles. The van der Waals surface area contributed by atoms with Crippen molar-refractivity contribution in [2.24, 2.45) is 0 Å². The lowest BCUT2D eigenvalue weighted by molar-refractivity contribution is -0.171. The van der Waals surface area contributed by atoms with Crippen LogP contribution in [0.25, 0.3) is 21.5 Å². The highest BCUT2D eigenvalue weighted by Gasteiger charge is 2.48. The molecule has 0 aliphatic heterocycles. The van der Waals surface area contributed by atoms with Crippen LogP contribution in [0.15, 0.2) is 48.5 Å². The Kier molecular flexibility index (Phi) is 6.75. The molecule has 3 rings (SSSR count). The van der Waals surface area contributed by atoms with Crippen molar-refractivity contribution < 1.29 is 18.9 Å². The molecule has 0 aliphatic carbocycles. The van der Waals surface area contributed by atoms with E-state index in [1.807, 2.05) is 76.2 Å². The van der Waals surface area contributed by atoms with Crippen LogP contribution in [0.4, 0.5) is 0 Å². The van der Waals surface area contributed by atoms with E-state index in [0.717, 1.165) is 32.7 Å². The molecule has 0 spiro atoms. The molecule has 0 aromatic heterocycles. The third-order valence-electron chi connectivity index (χ3n) is 6.90. The zero-order valence-corrected chi connectivity index (χ0v) is 19.8. The van der Waals surface area contributed by atoms with Crippen molar-refractivity contribution in [1.29, 1.82) is 0 Å². The fourth-order valence-corrected chi connectivity index (χ4v) is 6.92. The smallest absolute Gasteiger partial charge is 0.320 e. The summed E-state index contributed by atoms with van der Waals surface area (Å²) in [5.74, 6) is 0. The average Bonchev–Trinajstić information content (AvgIpc) is 2.76. The number of benzene rings is 3. The van der Waals surface area contributed by atoms with Gasteiger partial charge in [0.1, 0.15) is 0 Å². The maximum absolute atomic E-state index is 12.6. The van der Waals surface area contributed by atoms with Gasteiger partial charge in [0.25, 0.3) is 0 Å². The molecule has 0 radical (unpaired) electrons. The van der Waals surface area contributed by atoms with E-state index in [1.54, 1.807) is 0 Å². The van der Waals surface area contributed by atoms with Crippen LogP contribution in [0, 0.1) is 0 Å². The first-order valence-corrected chi connectivity index (χ1v) is 12.9. The maximum Gasteiger partial charge on any atom is 0.320 e. The average molecular weight is 442 g/mol. The van der Waals surface area contributed by atoms with Gasteiger partial charge in [-0.3, -0.25) is 0 Å². The molecule has 0 aliphatic rings. The van der Waals surface area contributed by atoms with E-state index in [9.17, 15) is 18.9 Å². The van der Waals surface area contributed by atoms with E-state index in [1.165, 1.54) is 0 Å². The van der Waals surface area contributed by atoms with Gasteiger partial charge in [0.2, 0.25) is 0 Å². The van der Waals surface area contributed by atoms with Crippen LogP contribution >= 0.6 is 16.1 Å². The van der Waals surface area contributed by atoms with Crippen LogP contribution in [0.3, 0.4) is 0 Å². The Morgan fingerprint density at radius 1 is 0.600 bits per heavy atom. The van der Waals surface area contributed by atoms with Gasteiger partial charge < -0.3 is 9.79 Å². The normalized spacial score (nSPS) is 13.7. The Labute approximate surface area is 180 Å². The van der Waals surface area contributed by atoms with Gasteiger partial charge in [-0.15, -0.1) is 0 Å². The topological polar surface area (TPSA) is 80.3 Å². The summed E-state index contributed by atoms with van der Waals surface area (Å²) >= 11 is 0. The van der Waals surface area contributed by atoms with Crippen LogP contribution in [0.5, 0.6) is 0 Å². The first-order chi connectivity index (χ1) is 14.3. The van der Waals surface area contributed by atoms with Crippen molar-refractivity contribution in [2.45, 2.75) is 63.7 Å². The second-order valence-electron chi connectivity index (χ2n) is 7.83. The molecule has 3 aromatic carbocycles. The van der Waals surface area contributed by atoms with Gasteiger partial charge in [0.05, 0.1) is 0 Å². The number of rotatable bonds is 8. The minimum Gasteiger partial charge on any atom is -0.595 e. The van der Waals surface area contributed by atoms with Gasteiger partial charge in [-0.05, 0) is 47.2 Å². The van der Waals surface area contributed by atoms with E-state index < -0.39 is 26.4 Å². The Morgan fingerprint density at radius 2 is 0.833 bits per heavy atom. The summed E-state index contributed by atoms with van der Waals surface area (Å²) in [6.07, 6.45) is 1.83. The highest BCUT2D eigenvalue weighted by molar-refractivity contribution is 7.38. The highest BCUT2D eigenvalue weighted by Crippen LogP contribution is 2.57. The van der Waals surface area contributed by atoms with Gasteiger partial charge in [0, 0.05) is 11.1 Å².